The summed E-state index contributed by atoms with van der Waals surface area (Å²) < 4.78 is 22.1. The maximum absolute atomic E-state index is 14.5. The van der Waals surface area contributed by atoms with Crippen LogP contribution in [-0.4, -0.2) is 162 Å². The van der Waals surface area contributed by atoms with E-state index in [4.69, 9.17) is 64.8 Å². The van der Waals surface area contributed by atoms with Gasteiger partial charge in [0.05, 0.1) is 74.9 Å². The van der Waals surface area contributed by atoms with Gasteiger partial charge in [-0.3, -0.25) is 58.1 Å². The van der Waals surface area contributed by atoms with Gasteiger partial charge < -0.3 is 91.4 Å². The van der Waals surface area contributed by atoms with Crippen LogP contribution in [0.15, 0.2) is 87.8 Å². The van der Waals surface area contributed by atoms with Crippen molar-refractivity contribution in [3.63, 3.8) is 0 Å². The third-order valence-electron chi connectivity index (χ3n) is 14.9. The summed E-state index contributed by atoms with van der Waals surface area (Å²) in [6.45, 7) is 2.99. The van der Waals surface area contributed by atoms with Crippen molar-refractivity contribution < 1.29 is 62.1 Å². The van der Waals surface area contributed by atoms with Crippen molar-refractivity contribution in [2.75, 3.05) is 67.7 Å². The quantitative estimate of drug-likeness (QED) is 0.0162. The Hall–Kier alpha value is -10.2. The maximum Gasteiger partial charge on any atom is 0.255 e. The standard InChI is InChI=1S/C65H92N16O13/c1-38(78-58(86)23-25-67)50(82)34-39-15-20-55(92-3)44(31-39)60(88)79-48(13-10-28-76-64(70)71)52(84)36-41-17-22-57(94-5)46(33-41)62(90)81-49(14-11-29-77-65(72)73)53(85)37-42-18-21-56(93-4)45(32-42)61(89)80-47(12-9-27-75-63(68)69)51(83)35-40-16-19-54(91-2)43(30-40)59(87)74-26-8-6-7-24-66/h15-22,30-33,38,47-49H,6-14,23-29,34-37,66-67H2,1-5H3,(H,74,87)(H,78,86)(H,79,88)(H,80,89)(H,81,90)(H4,68,69,75)(H4,70,71,76)(H4,72,73,77)/t38-,47-,48-,49-/m1/s1. The predicted molar refractivity (Wildman–Crippen MR) is 357 cm³/mol. The molecule has 0 aliphatic rings. The molecule has 0 heterocycles. The predicted octanol–water partition coefficient (Wildman–Crippen LogP) is 0.436. The van der Waals surface area contributed by atoms with Gasteiger partial charge in [-0.2, -0.15) is 0 Å². The molecule has 4 aromatic carbocycles. The van der Waals surface area contributed by atoms with Gasteiger partial charge in [-0.15, -0.1) is 0 Å². The summed E-state index contributed by atoms with van der Waals surface area (Å²) >= 11 is 0. The van der Waals surface area contributed by atoms with Gasteiger partial charge in [-0.25, -0.2) is 0 Å². The van der Waals surface area contributed by atoms with E-state index in [1.165, 1.54) is 64.8 Å². The average molecular weight is 1310 g/mol. The number of nitrogens with two attached hydrogens (primary N) is 8. The largest absolute Gasteiger partial charge is 0.496 e. The van der Waals surface area contributed by atoms with E-state index in [2.05, 4.69) is 41.6 Å². The Labute approximate surface area is 547 Å². The molecule has 0 aromatic heterocycles. The summed E-state index contributed by atoms with van der Waals surface area (Å²) in [5.74, 6) is -4.44. The number of ketones is 4. The second-order valence-electron chi connectivity index (χ2n) is 22.1. The van der Waals surface area contributed by atoms with E-state index in [-0.39, 0.29) is 172 Å². The highest BCUT2D eigenvalue weighted by Gasteiger charge is 2.29. The number of benzene rings is 4. The first-order valence-electron chi connectivity index (χ1n) is 30.8. The number of hydrogen-bond acceptors (Lipinski definition) is 18. The van der Waals surface area contributed by atoms with Crippen LogP contribution in [0.3, 0.4) is 0 Å². The molecule has 0 aliphatic carbocycles. The zero-order valence-corrected chi connectivity index (χ0v) is 54.1. The molecule has 29 nitrogen and oxygen atoms in total. The van der Waals surface area contributed by atoms with Crippen LogP contribution in [0.4, 0.5) is 0 Å². The second-order valence-corrected chi connectivity index (χ2v) is 22.1. The lowest BCUT2D eigenvalue weighted by Crippen LogP contribution is -2.42. The zero-order chi connectivity index (χ0) is 69.3. The molecule has 29 heteroatoms. The van der Waals surface area contributed by atoms with E-state index in [0.717, 1.165) is 19.3 Å². The number of methoxy groups -OCH3 is 4. The van der Waals surface area contributed by atoms with Crippen molar-refractivity contribution >= 4 is 70.5 Å². The Morgan fingerprint density at radius 1 is 0.404 bits per heavy atom. The summed E-state index contributed by atoms with van der Waals surface area (Å²) in [7, 11) is 5.48. The molecular weight excluding hydrogens is 1210 g/mol. The fourth-order valence-electron chi connectivity index (χ4n) is 9.93. The lowest BCUT2D eigenvalue weighted by atomic mass is 9.96. The van der Waals surface area contributed by atoms with Gasteiger partial charge in [0.2, 0.25) is 5.91 Å². The number of carbonyl (C=O) groups is 9. The highest BCUT2D eigenvalue weighted by molar-refractivity contribution is 6.04. The fourth-order valence-corrected chi connectivity index (χ4v) is 9.93. The summed E-state index contributed by atoms with van der Waals surface area (Å²) in [6, 6.07) is 14.1. The number of hydrogen-bond donors (Lipinski definition) is 13. The molecule has 0 saturated carbocycles. The Morgan fingerprint density at radius 2 is 0.723 bits per heavy atom. The van der Waals surface area contributed by atoms with Crippen LogP contribution in [0.2, 0.25) is 0 Å². The molecule has 0 saturated heterocycles. The molecule has 0 fully saturated rings. The molecule has 94 heavy (non-hydrogen) atoms. The molecule has 0 radical (unpaired) electrons. The van der Waals surface area contributed by atoms with Gasteiger partial charge in [-0.05, 0) is 136 Å². The second kappa shape index (κ2) is 40.0. The number of nitrogens with one attached hydrogen (secondary N) is 5. The topological polar surface area (TPSA) is 496 Å². The zero-order valence-electron chi connectivity index (χ0n) is 54.1. The van der Waals surface area contributed by atoms with Gasteiger partial charge in [0.25, 0.3) is 23.6 Å². The first kappa shape index (κ1) is 76.3. The molecule has 21 N–H and O–H groups in total. The molecule has 4 atom stereocenters. The molecule has 0 bridgehead atoms. The minimum Gasteiger partial charge on any atom is -0.496 e. The van der Waals surface area contributed by atoms with Crippen molar-refractivity contribution in [2.45, 2.75) is 121 Å². The molecular formula is C65H92N16O13. The van der Waals surface area contributed by atoms with Crippen LogP contribution in [0.5, 0.6) is 23.0 Å². The summed E-state index contributed by atoms with van der Waals surface area (Å²) in [5.41, 5.74) is 46.4. The number of nitrogens with zero attached hydrogens (tertiary/aromatic N) is 3. The number of aliphatic imine (C=N–C) groups is 3. The average Bonchev–Trinajstić information content (AvgIpc) is 0.930. The number of Topliss-reactive ketones (excluding diaryl/α,β-unsaturated/α-hetero) is 4. The van der Waals surface area contributed by atoms with E-state index in [0.29, 0.717) is 41.1 Å². The lowest BCUT2D eigenvalue weighted by Gasteiger charge is -2.21. The van der Waals surface area contributed by atoms with Gasteiger partial charge >= 0.3 is 0 Å². The third kappa shape index (κ3) is 25.5. The third-order valence-corrected chi connectivity index (χ3v) is 14.9. The van der Waals surface area contributed by atoms with Crippen molar-refractivity contribution in [3.8, 4) is 23.0 Å². The molecule has 5 amide bonds. The lowest BCUT2D eigenvalue weighted by molar-refractivity contribution is -0.127. The van der Waals surface area contributed by atoms with Crippen LogP contribution in [0.1, 0.15) is 135 Å². The molecule has 4 rings (SSSR count). The number of carbonyl (C=O) groups excluding carboxylic acids is 9. The van der Waals surface area contributed by atoms with E-state index in [1.54, 1.807) is 43.3 Å². The minimum atomic E-state index is -1.18. The van der Waals surface area contributed by atoms with E-state index in [1.807, 2.05) is 0 Å². The van der Waals surface area contributed by atoms with Gasteiger partial charge in [-0.1, -0.05) is 30.7 Å². The number of guanidine groups is 3. The molecule has 510 valence electrons. The maximum atomic E-state index is 14.5. The van der Waals surface area contributed by atoms with Crippen molar-refractivity contribution in [2.24, 2.45) is 60.8 Å². The highest BCUT2D eigenvalue weighted by Crippen LogP contribution is 2.27. The fraction of sp³-hybridized carbons (Fsp3) is 0.446. The van der Waals surface area contributed by atoms with Crippen molar-refractivity contribution in [1.82, 2.24) is 26.6 Å². The highest BCUT2D eigenvalue weighted by atomic mass is 16.5. The van der Waals surface area contributed by atoms with Crippen molar-refractivity contribution in [1.29, 1.82) is 0 Å². The first-order valence-corrected chi connectivity index (χ1v) is 30.8. The van der Waals surface area contributed by atoms with Crippen LogP contribution in [0, 0.1) is 0 Å². The van der Waals surface area contributed by atoms with E-state index in [9.17, 15) is 43.2 Å². The number of unbranched alkanes of at least 4 members (excludes halogenated alkanes) is 2. The molecule has 0 unspecified atom stereocenters. The Kier molecular flexibility index (Phi) is 32.4. The normalized spacial score (nSPS) is 12.0. The number of amides is 5. The Morgan fingerprint density at radius 3 is 1.02 bits per heavy atom. The van der Waals surface area contributed by atoms with Crippen LogP contribution < -0.4 is 91.4 Å². The molecule has 0 spiro atoms. The number of ether oxygens (including phenoxy) is 4. The Balaban J connectivity index is 1.61. The van der Waals surface area contributed by atoms with Gasteiger partial charge in [0, 0.05) is 64.8 Å². The van der Waals surface area contributed by atoms with Crippen LogP contribution in [-0.2, 0) is 49.7 Å². The molecule has 4 aromatic rings. The van der Waals surface area contributed by atoms with Gasteiger partial charge in [0.1, 0.15) is 23.0 Å². The van der Waals surface area contributed by atoms with Crippen molar-refractivity contribution in [3.05, 3.63) is 117 Å². The van der Waals surface area contributed by atoms with Crippen LogP contribution >= 0.6 is 0 Å². The Bertz CT molecular complexity index is 3360. The smallest absolute Gasteiger partial charge is 0.255 e. The first-order chi connectivity index (χ1) is 44.9. The van der Waals surface area contributed by atoms with Gasteiger partial charge in [0.15, 0.2) is 41.0 Å². The van der Waals surface area contributed by atoms with Crippen LogP contribution in [0.25, 0.3) is 0 Å². The minimum absolute atomic E-state index is 0.0136. The summed E-state index contributed by atoms with van der Waals surface area (Å²) in [5, 5.41) is 14.0. The van der Waals surface area contributed by atoms with E-state index < -0.39 is 59.2 Å². The monoisotopic (exact) mass is 1300 g/mol. The SMILES string of the molecule is COc1ccc(CC(=O)[C@@H](CCCN=C(N)N)NC(=O)c2cc(CC(=O)[C@@H](CCCN=C(N)N)NC(=O)c3cc(CC(=O)[C@@H](CCCN=C(N)N)NC(=O)c4cc(CC(=O)[C@@H](C)NC(=O)CCN)ccc4OC)ccc3OC)ccc2OC)cc1C(=O)NCCCCCN. The summed E-state index contributed by atoms with van der Waals surface area (Å²) in [6.07, 6.45) is 2.48. The summed E-state index contributed by atoms with van der Waals surface area (Å²) in [4.78, 5) is 137. The number of rotatable bonds is 43. The van der Waals surface area contributed by atoms with E-state index >= 15 is 0 Å². The molecule has 0 aliphatic heterocycles.